The zero-order valence-electron chi connectivity index (χ0n) is 14.6. The lowest BCUT2D eigenvalue weighted by molar-refractivity contribution is -0.387. The number of para-hydroxylation sites is 1. The van der Waals surface area contributed by atoms with E-state index in [1.165, 1.54) is 32.0 Å². The molecule has 0 bridgehead atoms. The highest BCUT2D eigenvalue weighted by Gasteiger charge is 2.31. The first-order valence-corrected chi connectivity index (χ1v) is 10.7. The van der Waals surface area contributed by atoms with Crippen molar-refractivity contribution in [2.24, 2.45) is 5.92 Å². The predicted octanol–water partition coefficient (Wildman–Crippen LogP) is 2.31. The van der Waals surface area contributed by atoms with Crippen LogP contribution in [0.5, 0.6) is 0 Å². The molecule has 0 aliphatic carbocycles. The summed E-state index contributed by atoms with van der Waals surface area (Å²) in [5.74, 6) is 0.617. The van der Waals surface area contributed by atoms with E-state index in [9.17, 15) is 18.5 Å². The van der Waals surface area contributed by atoms with Gasteiger partial charge in [-0.3, -0.25) is 10.1 Å². The van der Waals surface area contributed by atoms with Gasteiger partial charge in [-0.25, -0.2) is 8.42 Å². The molecule has 0 unspecified atom stereocenters. The highest BCUT2D eigenvalue weighted by atomic mass is 32.2. The Morgan fingerprint density at radius 3 is 2.36 bits per heavy atom. The van der Waals surface area contributed by atoms with Gasteiger partial charge in [-0.2, -0.15) is 0 Å². The van der Waals surface area contributed by atoms with Crippen molar-refractivity contribution in [1.82, 2.24) is 4.90 Å². The summed E-state index contributed by atoms with van der Waals surface area (Å²) in [5.41, 5.74) is 0.135. The van der Waals surface area contributed by atoms with Crippen LogP contribution in [0, 0.1) is 16.0 Å². The Morgan fingerprint density at radius 1 is 1.16 bits per heavy atom. The molecule has 0 aromatic heterocycles. The second kappa shape index (κ2) is 7.29. The van der Waals surface area contributed by atoms with Crippen LogP contribution in [0.3, 0.4) is 0 Å². The van der Waals surface area contributed by atoms with Crippen molar-refractivity contribution >= 4 is 21.2 Å². The maximum absolute atomic E-state index is 11.9. The standard InChI is InChI=1S/C17H25N3O4S/c1-25(23,24)16-6-4-5-15(17(16)20(21)22)19-11-7-14(8-12-19)13-18-9-2-3-10-18/h4-6,14H,2-3,7-13H2,1H3. The molecule has 0 atom stereocenters. The van der Waals surface area contributed by atoms with Crippen molar-refractivity contribution < 1.29 is 13.3 Å². The first-order valence-electron chi connectivity index (χ1n) is 8.81. The molecule has 2 fully saturated rings. The Morgan fingerprint density at radius 2 is 1.80 bits per heavy atom. The fourth-order valence-corrected chi connectivity index (χ4v) is 4.79. The molecular weight excluding hydrogens is 342 g/mol. The van der Waals surface area contributed by atoms with E-state index in [0.29, 0.717) is 11.6 Å². The van der Waals surface area contributed by atoms with Crippen molar-refractivity contribution in [3.8, 4) is 0 Å². The van der Waals surface area contributed by atoms with Gasteiger partial charge >= 0.3 is 5.69 Å². The zero-order chi connectivity index (χ0) is 18.0. The maximum atomic E-state index is 11.9. The molecule has 0 amide bonds. The molecule has 1 aromatic rings. The van der Waals surface area contributed by atoms with Crippen LogP contribution in [0.2, 0.25) is 0 Å². The molecule has 7 nitrogen and oxygen atoms in total. The van der Waals surface area contributed by atoms with Crippen molar-refractivity contribution in [3.05, 3.63) is 28.3 Å². The third kappa shape index (κ3) is 4.12. The number of hydrogen-bond acceptors (Lipinski definition) is 6. The van der Waals surface area contributed by atoms with Crippen LogP contribution in [0.1, 0.15) is 25.7 Å². The largest absolute Gasteiger partial charge is 0.366 e. The molecule has 0 saturated carbocycles. The number of sulfone groups is 1. The summed E-state index contributed by atoms with van der Waals surface area (Å²) in [7, 11) is -3.64. The van der Waals surface area contributed by atoms with Crippen LogP contribution < -0.4 is 4.90 Å². The number of nitro groups is 1. The fraction of sp³-hybridized carbons (Fsp3) is 0.647. The van der Waals surface area contributed by atoms with E-state index < -0.39 is 14.8 Å². The molecular formula is C17H25N3O4S. The quantitative estimate of drug-likeness (QED) is 0.587. The monoisotopic (exact) mass is 367 g/mol. The fourth-order valence-electron chi connectivity index (χ4n) is 3.94. The minimum Gasteiger partial charge on any atom is -0.366 e. The smallest absolute Gasteiger partial charge is 0.311 e. The lowest BCUT2D eigenvalue weighted by atomic mass is 9.95. The third-order valence-electron chi connectivity index (χ3n) is 5.23. The van der Waals surface area contributed by atoms with Gasteiger partial charge in [-0.15, -0.1) is 0 Å². The number of anilines is 1. The van der Waals surface area contributed by atoms with Crippen molar-refractivity contribution in [3.63, 3.8) is 0 Å². The van der Waals surface area contributed by atoms with E-state index >= 15 is 0 Å². The predicted molar refractivity (Wildman–Crippen MR) is 96.8 cm³/mol. The van der Waals surface area contributed by atoms with E-state index in [1.807, 2.05) is 4.90 Å². The van der Waals surface area contributed by atoms with Gasteiger partial charge in [-0.05, 0) is 56.8 Å². The van der Waals surface area contributed by atoms with Crippen LogP contribution in [0.15, 0.2) is 23.1 Å². The molecule has 138 valence electrons. The summed E-state index contributed by atoms with van der Waals surface area (Å²) in [5, 5.41) is 11.5. The summed E-state index contributed by atoms with van der Waals surface area (Å²) in [6.45, 7) is 4.93. The number of benzene rings is 1. The molecule has 1 aromatic carbocycles. The number of piperidine rings is 1. The van der Waals surface area contributed by atoms with Crippen LogP contribution in [-0.2, 0) is 9.84 Å². The Balaban J connectivity index is 1.75. The summed E-state index contributed by atoms with van der Waals surface area (Å²) < 4.78 is 23.8. The molecule has 0 N–H and O–H groups in total. The van der Waals surface area contributed by atoms with Crippen molar-refractivity contribution in [2.45, 2.75) is 30.6 Å². The Kier molecular flexibility index (Phi) is 5.29. The lowest BCUT2D eigenvalue weighted by Gasteiger charge is -2.35. The number of likely N-dealkylation sites (tertiary alicyclic amines) is 1. The lowest BCUT2D eigenvalue weighted by Crippen LogP contribution is -2.38. The van der Waals surface area contributed by atoms with Crippen LogP contribution >= 0.6 is 0 Å². The Hall–Kier alpha value is -1.67. The molecule has 2 aliphatic rings. The van der Waals surface area contributed by atoms with E-state index in [-0.39, 0.29) is 10.6 Å². The summed E-state index contributed by atoms with van der Waals surface area (Å²) >= 11 is 0. The van der Waals surface area contributed by atoms with Gasteiger partial charge in [0.05, 0.1) is 4.92 Å². The molecule has 2 saturated heterocycles. The number of nitrogens with zero attached hydrogens (tertiary/aromatic N) is 3. The second-order valence-corrected chi connectivity index (χ2v) is 9.08. The molecule has 0 spiro atoms. The van der Waals surface area contributed by atoms with Gasteiger partial charge in [0.1, 0.15) is 10.6 Å². The van der Waals surface area contributed by atoms with Crippen LogP contribution in [0.4, 0.5) is 11.4 Å². The van der Waals surface area contributed by atoms with Crippen molar-refractivity contribution in [2.75, 3.05) is 43.9 Å². The third-order valence-corrected chi connectivity index (χ3v) is 6.36. The Labute approximate surface area is 148 Å². The number of hydrogen-bond donors (Lipinski definition) is 0. The minimum atomic E-state index is -3.64. The summed E-state index contributed by atoms with van der Waals surface area (Å²) in [6.07, 6.45) is 5.54. The van der Waals surface area contributed by atoms with Gasteiger partial charge in [0.2, 0.25) is 0 Å². The van der Waals surface area contributed by atoms with E-state index in [4.69, 9.17) is 0 Å². The SMILES string of the molecule is CS(=O)(=O)c1cccc(N2CCC(CN3CCCC3)CC2)c1[N+](=O)[O-]. The molecule has 2 aliphatic heterocycles. The second-order valence-electron chi connectivity index (χ2n) is 7.09. The molecule has 2 heterocycles. The van der Waals surface area contributed by atoms with E-state index in [1.54, 1.807) is 12.1 Å². The minimum absolute atomic E-state index is 0.200. The molecule has 8 heteroatoms. The summed E-state index contributed by atoms with van der Waals surface area (Å²) in [4.78, 5) is 15.2. The molecule has 0 radical (unpaired) electrons. The maximum Gasteiger partial charge on any atom is 0.311 e. The first-order chi connectivity index (χ1) is 11.9. The van der Waals surface area contributed by atoms with Crippen LogP contribution in [-0.4, -0.2) is 57.2 Å². The normalized spacial score (nSPS) is 20.1. The number of rotatable bonds is 5. The average molecular weight is 367 g/mol. The first kappa shape index (κ1) is 18.1. The summed E-state index contributed by atoms with van der Waals surface area (Å²) in [6, 6.07) is 4.57. The van der Waals surface area contributed by atoms with Gasteiger partial charge < -0.3 is 9.80 Å². The molecule has 3 rings (SSSR count). The Bertz CT molecular complexity index is 736. The molecule has 25 heavy (non-hydrogen) atoms. The van der Waals surface area contributed by atoms with Gasteiger partial charge in [0.25, 0.3) is 0 Å². The van der Waals surface area contributed by atoms with Crippen LogP contribution in [0.25, 0.3) is 0 Å². The van der Waals surface area contributed by atoms with Gasteiger partial charge in [0, 0.05) is 25.9 Å². The van der Waals surface area contributed by atoms with Crippen molar-refractivity contribution in [1.29, 1.82) is 0 Å². The van der Waals surface area contributed by atoms with Gasteiger partial charge in [-0.1, -0.05) is 6.07 Å². The highest BCUT2D eigenvalue weighted by molar-refractivity contribution is 7.90. The van der Waals surface area contributed by atoms with Gasteiger partial charge in [0.15, 0.2) is 9.84 Å². The highest BCUT2D eigenvalue weighted by Crippen LogP contribution is 2.36. The topological polar surface area (TPSA) is 83.8 Å². The number of nitro benzene ring substituents is 1. The van der Waals surface area contributed by atoms with E-state index in [0.717, 1.165) is 38.7 Å². The average Bonchev–Trinajstić information content (AvgIpc) is 3.07. The zero-order valence-corrected chi connectivity index (χ0v) is 15.4. The van der Waals surface area contributed by atoms with E-state index in [2.05, 4.69) is 4.90 Å².